The predicted octanol–water partition coefficient (Wildman–Crippen LogP) is 3.17. The van der Waals surface area contributed by atoms with E-state index in [-0.39, 0.29) is 18.7 Å². The number of amides is 2. The van der Waals surface area contributed by atoms with E-state index in [0.29, 0.717) is 18.4 Å². The van der Waals surface area contributed by atoms with Crippen LogP contribution in [0, 0.1) is 11.8 Å². The number of rotatable bonds is 7. The van der Waals surface area contributed by atoms with Gasteiger partial charge in [0.2, 0.25) is 0 Å². The summed E-state index contributed by atoms with van der Waals surface area (Å²) in [5.41, 5.74) is 1.02. The standard InChI is InChI=1S/C20H30N2O3/c1-22(18-10-8-15(13-23)9-11-18)20(24)21-12-17-4-2-3-5-19(17)25-14-16-6-7-16/h2-5,15-16,18,23H,6-14H2,1H3,(H,21,24). The molecule has 0 radical (unpaired) electrons. The number of ether oxygens (including phenoxy) is 1. The smallest absolute Gasteiger partial charge is 0.317 e. The number of para-hydroxylation sites is 1. The molecule has 5 nitrogen and oxygen atoms in total. The van der Waals surface area contributed by atoms with Crippen molar-refractivity contribution in [2.45, 2.75) is 51.1 Å². The van der Waals surface area contributed by atoms with Crippen LogP contribution in [0.5, 0.6) is 5.75 Å². The molecule has 1 aromatic rings. The maximum absolute atomic E-state index is 12.5. The Morgan fingerprint density at radius 3 is 2.52 bits per heavy atom. The third kappa shape index (κ3) is 5.11. The van der Waals surface area contributed by atoms with Crippen LogP contribution in [0.25, 0.3) is 0 Å². The van der Waals surface area contributed by atoms with E-state index >= 15 is 0 Å². The summed E-state index contributed by atoms with van der Waals surface area (Å²) in [5.74, 6) is 1.99. The van der Waals surface area contributed by atoms with E-state index < -0.39 is 0 Å². The number of hydrogen-bond acceptors (Lipinski definition) is 3. The summed E-state index contributed by atoms with van der Waals surface area (Å²) >= 11 is 0. The quantitative estimate of drug-likeness (QED) is 0.797. The number of benzene rings is 1. The fraction of sp³-hybridized carbons (Fsp3) is 0.650. The van der Waals surface area contributed by atoms with Crippen molar-refractivity contribution in [1.29, 1.82) is 0 Å². The Morgan fingerprint density at radius 2 is 1.84 bits per heavy atom. The van der Waals surface area contributed by atoms with Crippen molar-refractivity contribution >= 4 is 6.03 Å². The van der Waals surface area contributed by atoms with Gasteiger partial charge < -0.3 is 20.1 Å². The predicted molar refractivity (Wildman–Crippen MR) is 97.5 cm³/mol. The molecule has 0 spiro atoms. The van der Waals surface area contributed by atoms with E-state index in [2.05, 4.69) is 5.32 Å². The summed E-state index contributed by atoms with van der Waals surface area (Å²) in [7, 11) is 1.87. The number of nitrogens with zero attached hydrogens (tertiary/aromatic N) is 1. The van der Waals surface area contributed by atoms with E-state index in [9.17, 15) is 9.90 Å². The van der Waals surface area contributed by atoms with Gasteiger partial charge in [-0.15, -0.1) is 0 Å². The van der Waals surface area contributed by atoms with Gasteiger partial charge in [0, 0.05) is 31.8 Å². The number of urea groups is 1. The van der Waals surface area contributed by atoms with Crippen LogP contribution in [0.1, 0.15) is 44.1 Å². The molecule has 2 aliphatic carbocycles. The molecule has 2 fully saturated rings. The molecule has 0 aliphatic heterocycles. The molecule has 5 heteroatoms. The first-order chi connectivity index (χ1) is 12.2. The first kappa shape index (κ1) is 18.1. The van der Waals surface area contributed by atoms with Crippen molar-refractivity contribution in [3.63, 3.8) is 0 Å². The maximum atomic E-state index is 12.5. The second-order valence-electron chi connectivity index (χ2n) is 7.49. The normalized spacial score (nSPS) is 23.1. The van der Waals surface area contributed by atoms with Crippen LogP contribution in [-0.4, -0.2) is 42.3 Å². The Bertz CT molecular complexity index is 566. The fourth-order valence-corrected chi connectivity index (χ4v) is 3.46. The molecule has 2 aliphatic rings. The van der Waals surface area contributed by atoms with Crippen LogP contribution >= 0.6 is 0 Å². The van der Waals surface area contributed by atoms with Crippen molar-refractivity contribution < 1.29 is 14.6 Å². The summed E-state index contributed by atoms with van der Waals surface area (Å²) in [5, 5.41) is 12.3. The highest BCUT2D eigenvalue weighted by Crippen LogP contribution is 2.30. The summed E-state index contributed by atoms with van der Waals surface area (Å²) in [6.07, 6.45) is 6.46. The number of nitrogens with one attached hydrogen (secondary N) is 1. The number of aliphatic hydroxyl groups excluding tert-OH is 1. The molecule has 3 rings (SSSR count). The summed E-state index contributed by atoms with van der Waals surface area (Å²) in [6, 6.07) is 8.16. The molecule has 2 N–H and O–H groups in total. The molecule has 138 valence electrons. The SMILES string of the molecule is CN(C(=O)NCc1ccccc1OCC1CC1)C1CCC(CO)CC1. The summed E-state index contributed by atoms with van der Waals surface area (Å²) in [4.78, 5) is 14.3. The number of aliphatic hydroxyl groups is 1. The maximum Gasteiger partial charge on any atom is 0.317 e. The Morgan fingerprint density at radius 1 is 1.16 bits per heavy atom. The molecular formula is C20H30N2O3. The molecule has 0 atom stereocenters. The lowest BCUT2D eigenvalue weighted by molar-refractivity contribution is 0.134. The van der Waals surface area contributed by atoms with Crippen LogP contribution in [0.4, 0.5) is 4.79 Å². The molecular weight excluding hydrogens is 316 g/mol. The van der Waals surface area contributed by atoms with Gasteiger partial charge in [-0.1, -0.05) is 18.2 Å². The number of carbonyl (C=O) groups is 1. The van der Waals surface area contributed by atoms with Crippen molar-refractivity contribution in [3.05, 3.63) is 29.8 Å². The molecule has 0 heterocycles. The monoisotopic (exact) mass is 346 g/mol. The van der Waals surface area contributed by atoms with E-state index in [1.165, 1.54) is 12.8 Å². The Balaban J connectivity index is 1.48. The average molecular weight is 346 g/mol. The summed E-state index contributed by atoms with van der Waals surface area (Å²) in [6.45, 7) is 1.52. The van der Waals surface area contributed by atoms with Crippen LogP contribution in [0.2, 0.25) is 0 Å². The van der Waals surface area contributed by atoms with Gasteiger partial charge in [-0.25, -0.2) is 4.79 Å². The lowest BCUT2D eigenvalue weighted by Gasteiger charge is -2.34. The second kappa shape index (κ2) is 8.56. The van der Waals surface area contributed by atoms with Gasteiger partial charge in [0.05, 0.1) is 6.61 Å². The van der Waals surface area contributed by atoms with Gasteiger partial charge in [-0.2, -0.15) is 0 Å². The largest absolute Gasteiger partial charge is 0.493 e. The van der Waals surface area contributed by atoms with Crippen molar-refractivity contribution in [3.8, 4) is 5.75 Å². The Kier molecular flexibility index (Phi) is 6.19. The molecule has 0 bridgehead atoms. The number of carbonyl (C=O) groups excluding carboxylic acids is 1. The van der Waals surface area contributed by atoms with Crippen LogP contribution < -0.4 is 10.1 Å². The van der Waals surface area contributed by atoms with Gasteiger partial charge in [-0.05, 0) is 56.4 Å². The third-order valence-corrected chi connectivity index (χ3v) is 5.52. The highest BCUT2D eigenvalue weighted by Gasteiger charge is 2.26. The minimum absolute atomic E-state index is 0.0376. The highest BCUT2D eigenvalue weighted by molar-refractivity contribution is 5.74. The highest BCUT2D eigenvalue weighted by atomic mass is 16.5. The van der Waals surface area contributed by atoms with Gasteiger partial charge in [0.25, 0.3) is 0 Å². The van der Waals surface area contributed by atoms with Crippen LogP contribution in [0.3, 0.4) is 0 Å². The zero-order valence-electron chi connectivity index (χ0n) is 15.1. The van der Waals surface area contributed by atoms with Gasteiger partial charge in [0.15, 0.2) is 0 Å². The van der Waals surface area contributed by atoms with Crippen LogP contribution in [0.15, 0.2) is 24.3 Å². The fourth-order valence-electron chi connectivity index (χ4n) is 3.46. The van der Waals surface area contributed by atoms with E-state index in [4.69, 9.17) is 4.74 Å². The molecule has 2 saturated carbocycles. The first-order valence-corrected chi connectivity index (χ1v) is 9.49. The van der Waals surface area contributed by atoms with Gasteiger partial charge in [-0.3, -0.25) is 0 Å². The molecule has 1 aromatic carbocycles. The zero-order valence-corrected chi connectivity index (χ0v) is 15.1. The van der Waals surface area contributed by atoms with Crippen molar-refractivity contribution in [2.75, 3.05) is 20.3 Å². The first-order valence-electron chi connectivity index (χ1n) is 9.49. The minimum atomic E-state index is -0.0376. The van der Waals surface area contributed by atoms with Gasteiger partial charge >= 0.3 is 6.03 Å². The average Bonchev–Trinajstić information content (AvgIpc) is 3.49. The molecule has 2 amide bonds. The number of hydrogen-bond donors (Lipinski definition) is 2. The lowest BCUT2D eigenvalue weighted by Crippen LogP contribution is -2.45. The topological polar surface area (TPSA) is 61.8 Å². The lowest BCUT2D eigenvalue weighted by atomic mass is 9.86. The Hall–Kier alpha value is -1.75. The third-order valence-electron chi connectivity index (χ3n) is 5.52. The van der Waals surface area contributed by atoms with Crippen molar-refractivity contribution in [2.24, 2.45) is 11.8 Å². The van der Waals surface area contributed by atoms with E-state index in [0.717, 1.165) is 43.6 Å². The second-order valence-corrected chi connectivity index (χ2v) is 7.49. The van der Waals surface area contributed by atoms with E-state index in [1.807, 2.05) is 36.2 Å². The summed E-state index contributed by atoms with van der Waals surface area (Å²) < 4.78 is 5.91. The van der Waals surface area contributed by atoms with Crippen LogP contribution in [-0.2, 0) is 6.54 Å². The van der Waals surface area contributed by atoms with Gasteiger partial charge in [0.1, 0.15) is 5.75 Å². The van der Waals surface area contributed by atoms with Crippen molar-refractivity contribution in [1.82, 2.24) is 10.2 Å². The molecule has 0 saturated heterocycles. The molecule has 25 heavy (non-hydrogen) atoms. The molecule has 0 aromatic heterocycles. The Labute approximate surface area is 150 Å². The minimum Gasteiger partial charge on any atom is -0.493 e. The van der Waals surface area contributed by atoms with E-state index in [1.54, 1.807) is 0 Å². The zero-order chi connectivity index (χ0) is 17.6. The molecule has 0 unspecified atom stereocenters.